The van der Waals surface area contributed by atoms with Crippen molar-refractivity contribution in [3.05, 3.63) is 0 Å². The van der Waals surface area contributed by atoms with Crippen LogP contribution in [0.2, 0.25) is 0 Å². The minimum Gasteiger partial charge on any atom is -0.379 e. The summed E-state index contributed by atoms with van der Waals surface area (Å²) in [5, 5.41) is 3.52. The molecular formula is C18H39NO3. The van der Waals surface area contributed by atoms with E-state index >= 15 is 0 Å². The molecule has 134 valence electrons. The fraction of sp³-hybridized carbons (Fsp3) is 1.00. The minimum atomic E-state index is 0.405. The average Bonchev–Trinajstić information content (AvgIpc) is 2.47. The first-order valence-corrected chi connectivity index (χ1v) is 9.06. The van der Waals surface area contributed by atoms with Gasteiger partial charge < -0.3 is 19.5 Å². The maximum absolute atomic E-state index is 5.55. The van der Waals surface area contributed by atoms with Gasteiger partial charge in [-0.15, -0.1) is 0 Å². The van der Waals surface area contributed by atoms with Crippen LogP contribution >= 0.6 is 0 Å². The van der Waals surface area contributed by atoms with Crippen LogP contribution in [0.15, 0.2) is 0 Å². The van der Waals surface area contributed by atoms with E-state index in [0.29, 0.717) is 31.8 Å². The first-order valence-electron chi connectivity index (χ1n) is 9.06. The summed E-state index contributed by atoms with van der Waals surface area (Å²) in [5.74, 6) is 0. The summed E-state index contributed by atoms with van der Waals surface area (Å²) in [6.45, 7) is 15.5. The van der Waals surface area contributed by atoms with Crippen LogP contribution in [-0.4, -0.2) is 52.7 Å². The molecule has 0 atom stereocenters. The average molecular weight is 318 g/mol. The summed E-state index contributed by atoms with van der Waals surface area (Å²) < 4.78 is 16.4. The van der Waals surface area contributed by atoms with E-state index in [9.17, 15) is 0 Å². The molecule has 0 rings (SSSR count). The van der Waals surface area contributed by atoms with E-state index in [1.807, 2.05) is 0 Å². The summed E-state index contributed by atoms with van der Waals surface area (Å²) in [4.78, 5) is 0. The second kappa shape index (κ2) is 15.7. The van der Waals surface area contributed by atoms with Crippen LogP contribution in [0.3, 0.4) is 0 Å². The third-order valence-corrected chi connectivity index (χ3v) is 3.56. The van der Waals surface area contributed by atoms with Crippen molar-refractivity contribution in [3.63, 3.8) is 0 Å². The zero-order chi connectivity index (χ0) is 16.5. The van der Waals surface area contributed by atoms with Crippen LogP contribution in [0.5, 0.6) is 0 Å². The highest BCUT2D eigenvalue weighted by atomic mass is 16.5. The normalized spacial score (nSPS) is 12.0. The van der Waals surface area contributed by atoms with Gasteiger partial charge in [0.2, 0.25) is 0 Å². The summed E-state index contributed by atoms with van der Waals surface area (Å²) in [6.07, 6.45) is 5.90. The standard InChI is InChI=1S/C18H39NO3/c1-5-7-11-20-13-15-22-16-14-21-12-8-10-19-17-18(3,4)9-6-2/h19H,5-17H2,1-4H3. The molecule has 1 N–H and O–H groups in total. The molecule has 4 heteroatoms. The van der Waals surface area contributed by atoms with Crippen LogP contribution in [-0.2, 0) is 14.2 Å². The SMILES string of the molecule is CCCCOCCOCCOCCCNCC(C)(C)CCC. The van der Waals surface area contributed by atoms with E-state index in [-0.39, 0.29) is 0 Å². The van der Waals surface area contributed by atoms with Crippen molar-refractivity contribution >= 4 is 0 Å². The number of hydrogen-bond donors (Lipinski definition) is 1. The Hall–Kier alpha value is -0.160. The van der Waals surface area contributed by atoms with Gasteiger partial charge in [0, 0.05) is 19.8 Å². The molecule has 0 aromatic carbocycles. The molecule has 0 bridgehead atoms. The van der Waals surface area contributed by atoms with Crippen LogP contribution in [0, 0.1) is 5.41 Å². The number of ether oxygens (including phenoxy) is 3. The Labute approximate surface area is 138 Å². The summed E-state index contributed by atoms with van der Waals surface area (Å²) in [6, 6.07) is 0. The van der Waals surface area contributed by atoms with Gasteiger partial charge in [0.25, 0.3) is 0 Å². The van der Waals surface area contributed by atoms with Crippen molar-refractivity contribution in [3.8, 4) is 0 Å². The molecule has 0 aliphatic carbocycles. The molecule has 0 amide bonds. The maximum Gasteiger partial charge on any atom is 0.0701 e. The van der Waals surface area contributed by atoms with Gasteiger partial charge in [-0.1, -0.05) is 40.5 Å². The van der Waals surface area contributed by atoms with Gasteiger partial charge in [-0.2, -0.15) is 0 Å². The molecule has 22 heavy (non-hydrogen) atoms. The number of rotatable bonds is 17. The zero-order valence-corrected chi connectivity index (χ0v) is 15.4. The Kier molecular flexibility index (Phi) is 15.6. The molecule has 0 saturated heterocycles. The van der Waals surface area contributed by atoms with E-state index in [1.54, 1.807) is 0 Å². The smallest absolute Gasteiger partial charge is 0.0701 e. The molecule has 0 radical (unpaired) electrons. The monoisotopic (exact) mass is 317 g/mol. The Morgan fingerprint density at radius 3 is 1.82 bits per heavy atom. The minimum absolute atomic E-state index is 0.405. The Morgan fingerprint density at radius 1 is 0.727 bits per heavy atom. The maximum atomic E-state index is 5.55. The molecule has 0 heterocycles. The van der Waals surface area contributed by atoms with Crippen LogP contribution in [0.1, 0.15) is 59.8 Å². The molecule has 0 saturated carbocycles. The number of unbranched alkanes of at least 4 members (excludes halogenated alkanes) is 1. The second-order valence-electron chi connectivity index (χ2n) is 6.64. The third-order valence-electron chi connectivity index (χ3n) is 3.56. The highest BCUT2D eigenvalue weighted by Crippen LogP contribution is 2.20. The molecule has 0 aromatic heterocycles. The van der Waals surface area contributed by atoms with Gasteiger partial charge in [0.1, 0.15) is 0 Å². The summed E-state index contributed by atoms with van der Waals surface area (Å²) in [5.41, 5.74) is 0.405. The van der Waals surface area contributed by atoms with Crippen molar-refractivity contribution in [2.24, 2.45) is 5.41 Å². The van der Waals surface area contributed by atoms with Gasteiger partial charge in [-0.05, 0) is 31.2 Å². The fourth-order valence-electron chi connectivity index (χ4n) is 2.28. The Balaban J connectivity index is 3.11. The lowest BCUT2D eigenvalue weighted by Gasteiger charge is -2.24. The van der Waals surface area contributed by atoms with Gasteiger partial charge in [0.15, 0.2) is 0 Å². The van der Waals surface area contributed by atoms with Crippen LogP contribution in [0.4, 0.5) is 0 Å². The molecule has 0 unspecified atom stereocenters. The summed E-state index contributed by atoms with van der Waals surface area (Å²) >= 11 is 0. The van der Waals surface area contributed by atoms with Crippen molar-refractivity contribution in [1.29, 1.82) is 0 Å². The van der Waals surface area contributed by atoms with E-state index in [0.717, 1.165) is 39.1 Å². The largest absolute Gasteiger partial charge is 0.379 e. The predicted molar refractivity (Wildman–Crippen MR) is 93.5 cm³/mol. The predicted octanol–water partition coefficient (Wildman–Crippen LogP) is 3.64. The first-order chi connectivity index (χ1) is 10.6. The van der Waals surface area contributed by atoms with E-state index in [2.05, 4.69) is 33.0 Å². The zero-order valence-electron chi connectivity index (χ0n) is 15.4. The lowest BCUT2D eigenvalue weighted by atomic mass is 9.88. The van der Waals surface area contributed by atoms with Gasteiger partial charge in [-0.3, -0.25) is 0 Å². The van der Waals surface area contributed by atoms with Crippen molar-refractivity contribution < 1.29 is 14.2 Å². The van der Waals surface area contributed by atoms with Gasteiger partial charge in [-0.25, -0.2) is 0 Å². The molecule has 0 aromatic rings. The quantitative estimate of drug-likeness (QED) is 0.416. The lowest BCUT2D eigenvalue weighted by Crippen LogP contribution is -2.30. The van der Waals surface area contributed by atoms with E-state index in [1.165, 1.54) is 19.3 Å². The van der Waals surface area contributed by atoms with E-state index in [4.69, 9.17) is 14.2 Å². The lowest BCUT2D eigenvalue weighted by molar-refractivity contribution is 0.0137. The number of nitrogens with one attached hydrogen (secondary N) is 1. The Morgan fingerprint density at radius 2 is 1.27 bits per heavy atom. The Bertz CT molecular complexity index is 222. The third kappa shape index (κ3) is 16.2. The second-order valence-corrected chi connectivity index (χ2v) is 6.64. The molecule has 0 fully saturated rings. The topological polar surface area (TPSA) is 39.7 Å². The molecule has 0 aliphatic heterocycles. The van der Waals surface area contributed by atoms with Gasteiger partial charge >= 0.3 is 0 Å². The van der Waals surface area contributed by atoms with Crippen molar-refractivity contribution in [2.45, 2.75) is 59.8 Å². The van der Waals surface area contributed by atoms with Crippen LogP contribution < -0.4 is 5.32 Å². The van der Waals surface area contributed by atoms with Gasteiger partial charge in [0.05, 0.1) is 26.4 Å². The van der Waals surface area contributed by atoms with E-state index < -0.39 is 0 Å². The molecule has 0 aliphatic rings. The molecule has 4 nitrogen and oxygen atoms in total. The summed E-state index contributed by atoms with van der Waals surface area (Å²) in [7, 11) is 0. The van der Waals surface area contributed by atoms with Crippen molar-refractivity contribution in [2.75, 3.05) is 52.7 Å². The van der Waals surface area contributed by atoms with Crippen molar-refractivity contribution in [1.82, 2.24) is 5.32 Å². The molecule has 0 spiro atoms. The number of hydrogen-bond acceptors (Lipinski definition) is 4. The first kappa shape index (κ1) is 21.8. The molecular weight excluding hydrogens is 278 g/mol. The highest BCUT2D eigenvalue weighted by molar-refractivity contribution is 4.70. The highest BCUT2D eigenvalue weighted by Gasteiger charge is 2.15. The fourth-order valence-corrected chi connectivity index (χ4v) is 2.28. The van der Waals surface area contributed by atoms with Crippen LogP contribution in [0.25, 0.3) is 0 Å².